The molecule has 0 radical (unpaired) electrons. The Morgan fingerprint density at radius 3 is 2.33 bits per heavy atom. The molecule has 0 atom stereocenters. The molecule has 0 N–H and O–H groups in total. The number of hydrogen-bond donors (Lipinski definition) is 0. The van der Waals surface area contributed by atoms with Crippen LogP contribution in [0.2, 0.25) is 0 Å². The molecule has 0 aliphatic carbocycles. The maximum atomic E-state index is 12.4. The van der Waals surface area contributed by atoms with Gasteiger partial charge in [-0.2, -0.15) is 0 Å². The zero-order valence-corrected chi connectivity index (χ0v) is 14.4. The van der Waals surface area contributed by atoms with Crippen molar-refractivity contribution in [2.75, 3.05) is 6.61 Å². The summed E-state index contributed by atoms with van der Waals surface area (Å²) in [5.41, 5.74) is 1.30. The Bertz CT molecular complexity index is 815. The van der Waals surface area contributed by atoms with E-state index in [9.17, 15) is 14.4 Å². The Kier molecular flexibility index (Phi) is 4.44. The molecule has 0 unspecified atom stereocenters. The molecule has 0 fully saturated rings. The molecule has 0 saturated carbocycles. The molecule has 24 heavy (non-hydrogen) atoms. The van der Waals surface area contributed by atoms with Crippen molar-refractivity contribution in [1.29, 1.82) is 0 Å². The third-order valence-electron chi connectivity index (χ3n) is 3.57. The first-order valence-electron chi connectivity index (χ1n) is 7.30. The van der Waals surface area contributed by atoms with Crippen LogP contribution in [0.25, 0.3) is 0 Å². The Labute approximate surface area is 146 Å². The summed E-state index contributed by atoms with van der Waals surface area (Å²) in [6.07, 6.45) is 0. The molecule has 6 nitrogen and oxygen atoms in total. The zero-order chi connectivity index (χ0) is 17.3. The summed E-state index contributed by atoms with van der Waals surface area (Å²) in [6.45, 7) is 1.93. The minimum Gasteiger partial charge on any atom is -0.461 e. The van der Waals surface area contributed by atoms with Crippen LogP contribution < -0.4 is 0 Å². The van der Waals surface area contributed by atoms with Gasteiger partial charge in [0.25, 0.3) is 11.8 Å². The molecule has 0 saturated heterocycles. The van der Waals surface area contributed by atoms with Crippen LogP contribution >= 0.6 is 15.9 Å². The second-order valence-corrected chi connectivity index (χ2v) is 5.95. The zero-order valence-electron chi connectivity index (χ0n) is 12.8. The van der Waals surface area contributed by atoms with E-state index in [0.717, 1.165) is 4.90 Å². The van der Waals surface area contributed by atoms with Gasteiger partial charge < -0.3 is 4.74 Å². The standard InChI is InChI=1S/C17H13BrN2O4/c1-2-24-17(23)14-13(18)8-7-10(19-14)9-20-15(21)11-5-3-4-6-12(11)16(20)22/h3-8H,2,9H2,1H3. The first-order chi connectivity index (χ1) is 11.5. The number of fused-ring (bicyclic) bond motifs is 1. The fraction of sp³-hybridized carbons (Fsp3) is 0.176. The van der Waals surface area contributed by atoms with Crippen LogP contribution in [0, 0.1) is 0 Å². The second kappa shape index (κ2) is 6.52. The van der Waals surface area contributed by atoms with E-state index in [1.165, 1.54) is 0 Å². The van der Waals surface area contributed by atoms with E-state index in [1.807, 2.05) is 0 Å². The number of carbonyl (C=O) groups is 3. The highest BCUT2D eigenvalue weighted by Gasteiger charge is 2.35. The first-order valence-corrected chi connectivity index (χ1v) is 8.10. The molecule has 2 heterocycles. The fourth-order valence-electron chi connectivity index (χ4n) is 2.46. The lowest BCUT2D eigenvalue weighted by Crippen LogP contribution is -2.29. The van der Waals surface area contributed by atoms with E-state index >= 15 is 0 Å². The number of aromatic nitrogens is 1. The maximum Gasteiger partial charge on any atom is 0.358 e. The number of amides is 2. The van der Waals surface area contributed by atoms with Crippen molar-refractivity contribution in [3.8, 4) is 0 Å². The molecule has 1 aliphatic heterocycles. The van der Waals surface area contributed by atoms with Crippen LogP contribution in [0.15, 0.2) is 40.9 Å². The highest BCUT2D eigenvalue weighted by Crippen LogP contribution is 2.24. The predicted molar refractivity (Wildman–Crippen MR) is 88.5 cm³/mol. The van der Waals surface area contributed by atoms with Gasteiger partial charge in [0.1, 0.15) is 0 Å². The van der Waals surface area contributed by atoms with Crippen molar-refractivity contribution in [2.24, 2.45) is 0 Å². The summed E-state index contributed by atoms with van der Waals surface area (Å²) < 4.78 is 5.44. The normalized spacial score (nSPS) is 13.2. The Morgan fingerprint density at radius 2 is 1.75 bits per heavy atom. The van der Waals surface area contributed by atoms with Gasteiger partial charge in [0.05, 0.1) is 34.4 Å². The third-order valence-corrected chi connectivity index (χ3v) is 4.21. The van der Waals surface area contributed by atoms with E-state index in [1.54, 1.807) is 43.3 Å². The molecule has 1 aromatic heterocycles. The van der Waals surface area contributed by atoms with Crippen molar-refractivity contribution >= 4 is 33.7 Å². The lowest BCUT2D eigenvalue weighted by Gasteiger charge is -2.14. The van der Waals surface area contributed by atoms with Crippen molar-refractivity contribution in [2.45, 2.75) is 13.5 Å². The molecule has 2 amide bonds. The number of nitrogens with zero attached hydrogens (tertiary/aromatic N) is 2. The number of rotatable bonds is 4. The molecule has 0 bridgehead atoms. The molecule has 122 valence electrons. The number of benzene rings is 1. The number of ether oxygens (including phenoxy) is 1. The van der Waals surface area contributed by atoms with E-state index < -0.39 is 5.97 Å². The monoisotopic (exact) mass is 388 g/mol. The van der Waals surface area contributed by atoms with Gasteiger partial charge in [-0.15, -0.1) is 0 Å². The van der Waals surface area contributed by atoms with Crippen molar-refractivity contribution in [3.05, 3.63) is 63.4 Å². The Morgan fingerprint density at radius 1 is 1.12 bits per heavy atom. The van der Waals surface area contributed by atoms with E-state index in [-0.39, 0.29) is 30.7 Å². The number of imide groups is 1. The van der Waals surface area contributed by atoms with Crippen molar-refractivity contribution < 1.29 is 19.1 Å². The van der Waals surface area contributed by atoms with Crippen molar-refractivity contribution in [1.82, 2.24) is 9.88 Å². The second-order valence-electron chi connectivity index (χ2n) is 5.10. The number of hydrogen-bond acceptors (Lipinski definition) is 5. The number of esters is 1. The van der Waals surface area contributed by atoms with Crippen LogP contribution in [-0.2, 0) is 11.3 Å². The average molecular weight is 389 g/mol. The SMILES string of the molecule is CCOC(=O)c1nc(CN2C(=O)c3ccccc3C2=O)ccc1Br. The quantitative estimate of drug-likeness (QED) is 0.594. The number of carbonyl (C=O) groups excluding carboxylic acids is 3. The van der Waals surface area contributed by atoms with Crippen LogP contribution in [0.3, 0.4) is 0 Å². The van der Waals surface area contributed by atoms with E-state index in [0.29, 0.717) is 21.3 Å². The van der Waals surface area contributed by atoms with Gasteiger partial charge in [0.15, 0.2) is 5.69 Å². The topological polar surface area (TPSA) is 76.6 Å². The number of halogens is 1. The largest absolute Gasteiger partial charge is 0.461 e. The number of pyridine rings is 1. The first kappa shape index (κ1) is 16.3. The van der Waals surface area contributed by atoms with Gasteiger partial charge in [-0.25, -0.2) is 9.78 Å². The van der Waals surface area contributed by atoms with Gasteiger partial charge in [-0.05, 0) is 47.1 Å². The van der Waals surface area contributed by atoms with Gasteiger partial charge >= 0.3 is 5.97 Å². The fourth-order valence-corrected chi connectivity index (χ4v) is 2.84. The summed E-state index contributed by atoms with van der Waals surface area (Å²) in [6, 6.07) is 9.96. The Hall–Kier alpha value is -2.54. The van der Waals surface area contributed by atoms with Gasteiger partial charge in [0, 0.05) is 0 Å². The van der Waals surface area contributed by atoms with E-state index in [4.69, 9.17) is 4.74 Å². The molecule has 1 aliphatic rings. The summed E-state index contributed by atoms with van der Waals surface area (Å²) in [7, 11) is 0. The lowest BCUT2D eigenvalue weighted by molar-refractivity contribution is 0.0518. The molecule has 7 heteroatoms. The van der Waals surface area contributed by atoms with Crippen LogP contribution in [0.5, 0.6) is 0 Å². The Balaban J connectivity index is 1.88. The molecule has 3 rings (SSSR count). The van der Waals surface area contributed by atoms with Crippen LogP contribution in [0.1, 0.15) is 43.8 Å². The van der Waals surface area contributed by atoms with Gasteiger partial charge in [-0.3, -0.25) is 14.5 Å². The highest BCUT2D eigenvalue weighted by atomic mass is 79.9. The summed E-state index contributed by atoms with van der Waals surface area (Å²) in [5.74, 6) is -1.29. The van der Waals surface area contributed by atoms with Gasteiger partial charge in [0.2, 0.25) is 0 Å². The maximum absolute atomic E-state index is 12.4. The molecular weight excluding hydrogens is 376 g/mol. The van der Waals surface area contributed by atoms with Gasteiger partial charge in [-0.1, -0.05) is 12.1 Å². The molecular formula is C17H13BrN2O4. The lowest BCUT2D eigenvalue weighted by atomic mass is 10.1. The summed E-state index contributed by atoms with van der Waals surface area (Å²) >= 11 is 3.25. The third kappa shape index (κ3) is 2.82. The molecule has 2 aromatic rings. The summed E-state index contributed by atoms with van der Waals surface area (Å²) in [5, 5.41) is 0. The minimum absolute atomic E-state index is 0.00791. The minimum atomic E-state index is -0.561. The van der Waals surface area contributed by atoms with Crippen molar-refractivity contribution in [3.63, 3.8) is 0 Å². The molecule has 1 aromatic carbocycles. The smallest absolute Gasteiger partial charge is 0.358 e. The summed E-state index contributed by atoms with van der Waals surface area (Å²) in [4.78, 5) is 42.0. The van der Waals surface area contributed by atoms with Crippen LogP contribution in [-0.4, -0.2) is 34.3 Å². The molecule has 0 spiro atoms. The highest BCUT2D eigenvalue weighted by molar-refractivity contribution is 9.10. The predicted octanol–water partition coefficient (Wildman–Crippen LogP) is 2.82. The average Bonchev–Trinajstić information content (AvgIpc) is 2.82. The van der Waals surface area contributed by atoms with Crippen LogP contribution in [0.4, 0.5) is 0 Å². The van der Waals surface area contributed by atoms with E-state index in [2.05, 4.69) is 20.9 Å².